The Hall–Kier alpha value is -1.02. The molecule has 1 aromatic carbocycles. The van der Waals surface area contributed by atoms with Gasteiger partial charge in [-0.25, -0.2) is 4.79 Å². The summed E-state index contributed by atoms with van der Waals surface area (Å²) in [6.07, 6.45) is 2.83. The van der Waals surface area contributed by atoms with Gasteiger partial charge in [0.05, 0.1) is 12.2 Å². The number of benzene rings is 1. The Bertz CT molecular complexity index is 309. The molecule has 0 bridgehead atoms. The molecule has 0 spiro atoms. The summed E-state index contributed by atoms with van der Waals surface area (Å²) in [6.45, 7) is 2.44. The fraction of sp³-hybridized carbons (Fsp3) is 0.462. The maximum atomic E-state index is 11.5. The highest BCUT2D eigenvalue weighted by Gasteiger charge is 2.05. The molecule has 88 valence electrons. The SMILES string of the molecule is CC(Cl)CCCCOC(=O)c1ccccc1. The molecule has 1 atom stereocenters. The number of hydrogen-bond acceptors (Lipinski definition) is 2. The van der Waals surface area contributed by atoms with E-state index in [1.54, 1.807) is 12.1 Å². The Balaban J connectivity index is 2.16. The van der Waals surface area contributed by atoms with Gasteiger partial charge in [-0.05, 0) is 38.3 Å². The third kappa shape index (κ3) is 5.17. The van der Waals surface area contributed by atoms with E-state index in [0.717, 1.165) is 19.3 Å². The summed E-state index contributed by atoms with van der Waals surface area (Å²) >= 11 is 5.81. The first-order chi connectivity index (χ1) is 7.70. The first-order valence-electron chi connectivity index (χ1n) is 5.56. The fourth-order valence-corrected chi connectivity index (χ4v) is 1.50. The molecule has 0 fully saturated rings. The molecule has 0 aliphatic carbocycles. The number of alkyl halides is 1. The normalized spacial score (nSPS) is 12.1. The first-order valence-corrected chi connectivity index (χ1v) is 6.00. The van der Waals surface area contributed by atoms with Crippen molar-refractivity contribution >= 4 is 17.6 Å². The second-order valence-electron chi connectivity index (χ2n) is 3.78. The second kappa shape index (κ2) is 7.29. The first kappa shape index (κ1) is 13.0. The van der Waals surface area contributed by atoms with Crippen molar-refractivity contribution in [3.8, 4) is 0 Å². The number of unbranched alkanes of at least 4 members (excludes halogenated alkanes) is 1. The zero-order chi connectivity index (χ0) is 11.8. The van der Waals surface area contributed by atoms with E-state index in [2.05, 4.69) is 0 Å². The number of carbonyl (C=O) groups is 1. The molecule has 0 amide bonds. The molecule has 3 heteroatoms. The highest BCUT2D eigenvalue weighted by atomic mass is 35.5. The van der Waals surface area contributed by atoms with Crippen molar-refractivity contribution in [3.05, 3.63) is 35.9 Å². The standard InChI is InChI=1S/C13H17ClO2/c1-11(14)7-5-6-10-16-13(15)12-8-3-2-4-9-12/h2-4,8-9,11H,5-7,10H2,1H3. The van der Waals surface area contributed by atoms with Crippen molar-refractivity contribution in [3.63, 3.8) is 0 Å². The van der Waals surface area contributed by atoms with Crippen LogP contribution in [-0.4, -0.2) is 18.0 Å². The number of halogens is 1. The monoisotopic (exact) mass is 240 g/mol. The number of hydrogen-bond donors (Lipinski definition) is 0. The number of carbonyl (C=O) groups excluding carboxylic acids is 1. The van der Waals surface area contributed by atoms with Crippen LogP contribution < -0.4 is 0 Å². The fourth-order valence-electron chi connectivity index (χ4n) is 1.35. The van der Waals surface area contributed by atoms with Gasteiger partial charge in [0.25, 0.3) is 0 Å². The van der Waals surface area contributed by atoms with Gasteiger partial charge in [0.2, 0.25) is 0 Å². The third-order valence-corrected chi connectivity index (χ3v) is 2.46. The maximum Gasteiger partial charge on any atom is 0.338 e. The topological polar surface area (TPSA) is 26.3 Å². The van der Waals surface area contributed by atoms with Gasteiger partial charge >= 0.3 is 5.97 Å². The number of esters is 1. The van der Waals surface area contributed by atoms with Crippen LogP contribution in [0.25, 0.3) is 0 Å². The van der Waals surface area contributed by atoms with Gasteiger partial charge < -0.3 is 4.74 Å². The second-order valence-corrected chi connectivity index (χ2v) is 4.52. The van der Waals surface area contributed by atoms with Crippen molar-refractivity contribution < 1.29 is 9.53 Å². The zero-order valence-electron chi connectivity index (χ0n) is 9.49. The van der Waals surface area contributed by atoms with Crippen LogP contribution in [0.2, 0.25) is 0 Å². The summed E-state index contributed by atoms with van der Waals surface area (Å²) in [5.74, 6) is -0.250. The van der Waals surface area contributed by atoms with Crippen molar-refractivity contribution in [2.24, 2.45) is 0 Å². The van der Waals surface area contributed by atoms with Crippen molar-refractivity contribution in [2.75, 3.05) is 6.61 Å². The van der Waals surface area contributed by atoms with Crippen LogP contribution in [0.1, 0.15) is 36.5 Å². The van der Waals surface area contributed by atoms with E-state index < -0.39 is 0 Å². The molecule has 1 unspecified atom stereocenters. The Morgan fingerprint density at radius 1 is 1.31 bits per heavy atom. The highest BCUT2D eigenvalue weighted by molar-refractivity contribution is 6.20. The average molecular weight is 241 g/mol. The lowest BCUT2D eigenvalue weighted by atomic mass is 10.2. The van der Waals surface area contributed by atoms with E-state index in [4.69, 9.17) is 16.3 Å². The van der Waals surface area contributed by atoms with Crippen LogP contribution in [0.4, 0.5) is 0 Å². The summed E-state index contributed by atoms with van der Waals surface area (Å²) < 4.78 is 5.13. The molecular formula is C13H17ClO2. The van der Waals surface area contributed by atoms with Gasteiger partial charge in [-0.3, -0.25) is 0 Å². The highest BCUT2D eigenvalue weighted by Crippen LogP contribution is 2.07. The summed E-state index contributed by atoms with van der Waals surface area (Å²) in [4.78, 5) is 11.5. The molecule has 16 heavy (non-hydrogen) atoms. The molecule has 0 heterocycles. The lowest BCUT2D eigenvalue weighted by molar-refractivity contribution is 0.0498. The Labute approximate surface area is 102 Å². The Morgan fingerprint density at radius 2 is 2.00 bits per heavy atom. The van der Waals surface area contributed by atoms with Crippen LogP contribution >= 0.6 is 11.6 Å². The summed E-state index contributed by atoms with van der Waals surface area (Å²) in [5.41, 5.74) is 0.605. The molecule has 0 radical (unpaired) electrons. The van der Waals surface area contributed by atoms with Crippen molar-refractivity contribution in [2.45, 2.75) is 31.6 Å². The van der Waals surface area contributed by atoms with Gasteiger partial charge in [-0.15, -0.1) is 11.6 Å². The van der Waals surface area contributed by atoms with E-state index in [1.807, 2.05) is 25.1 Å². The predicted molar refractivity (Wildman–Crippen MR) is 65.9 cm³/mol. The van der Waals surface area contributed by atoms with Crippen LogP contribution in [0.3, 0.4) is 0 Å². The Morgan fingerprint density at radius 3 is 2.62 bits per heavy atom. The van der Waals surface area contributed by atoms with E-state index in [-0.39, 0.29) is 11.3 Å². The van der Waals surface area contributed by atoms with Gasteiger partial charge in [0.1, 0.15) is 0 Å². The summed E-state index contributed by atoms with van der Waals surface area (Å²) in [7, 11) is 0. The predicted octanol–water partition coefficient (Wildman–Crippen LogP) is 3.64. The van der Waals surface area contributed by atoms with Crippen LogP contribution in [0.5, 0.6) is 0 Å². The molecule has 0 aliphatic heterocycles. The van der Waals surface area contributed by atoms with Gasteiger partial charge in [-0.1, -0.05) is 18.2 Å². The summed E-state index contributed by atoms with van der Waals surface area (Å²) in [5, 5.41) is 0.199. The molecule has 0 aliphatic rings. The lowest BCUT2D eigenvalue weighted by Gasteiger charge is -2.05. The number of ether oxygens (including phenoxy) is 1. The number of rotatable bonds is 6. The van der Waals surface area contributed by atoms with E-state index >= 15 is 0 Å². The van der Waals surface area contributed by atoms with Gasteiger partial charge in [0.15, 0.2) is 0 Å². The lowest BCUT2D eigenvalue weighted by Crippen LogP contribution is -2.06. The minimum Gasteiger partial charge on any atom is -0.462 e. The van der Waals surface area contributed by atoms with Crippen LogP contribution in [0, 0.1) is 0 Å². The summed E-state index contributed by atoms with van der Waals surface area (Å²) in [6, 6.07) is 9.03. The average Bonchev–Trinajstić information content (AvgIpc) is 2.29. The third-order valence-electron chi connectivity index (χ3n) is 2.24. The van der Waals surface area contributed by atoms with Crippen LogP contribution in [0.15, 0.2) is 30.3 Å². The Kier molecular flexibility index (Phi) is 5.94. The molecule has 0 saturated heterocycles. The molecule has 0 N–H and O–H groups in total. The van der Waals surface area contributed by atoms with Crippen molar-refractivity contribution in [1.82, 2.24) is 0 Å². The smallest absolute Gasteiger partial charge is 0.338 e. The van der Waals surface area contributed by atoms with Crippen molar-refractivity contribution in [1.29, 1.82) is 0 Å². The van der Waals surface area contributed by atoms with Gasteiger partial charge in [0, 0.05) is 5.38 Å². The van der Waals surface area contributed by atoms with Gasteiger partial charge in [-0.2, -0.15) is 0 Å². The maximum absolute atomic E-state index is 11.5. The van der Waals surface area contributed by atoms with E-state index in [9.17, 15) is 4.79 Å². The molecule has 0 aromatic heterocycles. The molecule has 1 aromatic rings. The molecule has 1 rings (SSSR count). The molecule has 0 saturated carbocycles. The zero-order valence-corrected chi connectivity index (χ0v) is 10.2. The van der Waals surface area contributed by atoms with Crippen LogP contribution in [-0.2, 0) is 4.74 Å². The van der Waals surface area contributed by atoms with E-state index in [0.29, 0.717) is 12.2 Å². The quantitative estimate of drug-likeness (QED) is 0.431. The minimum absolute atomic E-state index is 0.199. The van der Waals surface area contributed by atoms with E-state index in [1.165, 1.54) is 0 Å². The minimum atomic E-state index is -0.250. The molecule has 2 nitrogen and oxygen atoms in total. The molecular weight excluding hydrogens is 224 g/mol. The largest absolute Gasteiger partial charge is 0.462 e.